The average Bonchev–Trinajstić information content (AvgIpc) is 3.46. The van der Waals surface area contributed by atoms with Gasteiger partial charge in [-0.05, 0) is 48.8 Å². The van der Waals surface area contributed by atoms with Crippen molar-refractivity contribution >= 4 is 21.3 Å². The molecule has 0 radical (unpaired) electrons. The maximum atomic E-state index is 12.6. The van der Waals surface area contributed by atoms with Gasteiger partial charge in [-0.2, -0.15) is 0 Å². The molecule has 1 aromatic heterocycles. The van der Waals surface area contributed by atoms with E-state index >= 15 is 0 Å². The van der Waals surface area contributed by atoms with Gasteiger partial charge in [-0.1, -0.05) is 36.4 Å². The van der Waals surface area contributed by atoms with Crippen molar-refractivity contribution in [1.29, 1.82) is 0 Å². The van der Waals surface area contributed by atoms with Gasteiger partial charge in [0.15, 0.2) is 0 Å². The Morgan fingerprint density at radius 2 is 1.80 bits per heavy atom. The van der Waals surface area contributed by atoms with Crippen molar-refractivity contribution in [3.05, 3.63) is 75.2 Å². The number of sulfone groups is 1. The Bertz CT molecular complexity index is 1140. The molecule has 30 heavy (non-hydrogen) atoms. The van der Waals surface area contributed by atoms with Gasteiger partial charge in [-0.3, -0.25) is 9.59 Å². The quantitative estimate of drug-likeness (QED) is 0.711. The molecule has 1 saturated carbocycles. The molecule has 1 aliphatic carbocycles. The summed E-state index contributed by atoms with van der Waals surface area (Å²) in [6, 6.07) is 11.5. The molecule has 7 heteroatoms. The number of nitrogens with one attached hydrogen (secondary N) is 2. The number of hydrogen-bond acceptors (Lipinski definition) is 4. The highest BCUT2D eigenvalue weighted by atomic mass is 32.2. The predicted octanol–water partition coefficient (Wildman–Crippen LogP) is 2.55. The molecule has 0 bridgehead atoms. The first-order valence-corrected chi connectivity index (χ1v) is 12.4. The lowest BCUT2D eigenvalue weighted by Gasteiger charge is -2.13. The molecule has 4 rings (SSSR count). The SMILES string of the molecule is CS(=O)(=O)CCc1ccc(/C(=C/[C@H]2CCC(=O)N2)c2ccc(C3CC3)c(=O)[nH]2)cc1. The molecule has 158 valence electrons. The summed E-state index contributed by atoms with van der Waals surface area (Å²) in [5.74, 6) is 0.516. The van der Waals surface area contributed by atoms with Crippen LogP contribution in [0.1, 0.15) is 54.0 Å². The monoisotopic (exact) mass is 426 g/mol. The molecular weight excluding hydrogens is 400 g/mol. The minimum absolute atomic E-state index is 0.0318. The van der Waals surface area contributed by atoms with Crippen LogP contribution >= 0.6 is 0 Å². The van der Waals surface area contributed by atoms with Crippen LogP contribution in [0.3, 0.4) is 0 Å². The van der Waals surface area contributed by atoms with Crippen LogP contribution in [-0.2, 0) is 21.1 Å². The second kappa shape index (κ2) is 8.22. The summed E-state index contributed by atoms with van der Waals surface area (Å²) in [6.45, 7) is 0. The van der Waals surface area contributed by atoms with E-state index < -0.39 is 9.84 Å². The van der Waals surface area contributed by atoms with E-state index in [1.807, 2.05) is 42.5 Å². The average molecular weight is 427 g/mol. The third-order valence-corrected chi connectivity index (χ3v) is 6.62. The fourth-order valence-electron chi connectivity index (χ4n) is 3.82. The van der Waals surface area contributed by atoms with E-state index in [2.05, 4.69) is 10.3 Å². The van der Waals surface area contributed by atoms with Crippen LogP contribution in [-0.4, -0.2) is 37.4 Å². The second-order valence-corrected chi connectivity index (χ2v) is 10.6. The Labute approximate surface area is 176 Å². The summed E-state index contributed by atoms with van der Waals surface area (Å²) in [7, 11) is -3.01. The molecule has 2 N–H and O–H groups in total. The minimum Gasteiger partial charge on any atom is -0.350 e. The summed E-state index contributed by atoms with van der Waals surface area (Å²) in [5.41, 5.74) is 4.21. The predicted molar refractivity (Wildman–Crippen MR) is 117 cm³/mol. The summed E-state index contributed by atoms with van der Waals surface area (Å²) >= 11 is 0. The van der Waals surface area contributed by atoms with Gasteiger partial charge in [0.05, 0.1) is 5.75 Å². The van der Waals surface area contributed by atoms with Crippen LogP contribution in [0.4, 0.5) is 0 Å². The van der Waals surface area contributed by atoms with Crippen LogP contribution in [0.5, 0.6) is 0 Å². The third kappa shape index (κ3) is 5.08. The molecule has 1 saturated heterocycles. The number of carbonyl (C=O) groups excluding carboxylic acids is 1. The highest BCUT2D eigenvalue weighted by Gasteiger charge is 2.26. The molecule has 0 spiro atoms. The smallest absolute Gasteiger partial charge is 0.251 e. The van der Waals surface area contributed by atoms with E-state index in [1.54, 1.807) is 0 Å². The van der Waals surface area contributed by atoms with Crippen LogP contribution in [0.15, 0.2) is 47.3 Å². The maximum Gasteiger partial charge on any atom is 0.251 e. The van der Waals surface area contributed by atoms with Crippen molar-refractivity contribution < 1.29 is 13.2 Å². The molecule has 2 aromatic rings. The summed E-state index contributed by atoms with van der Waals surface area (Å²) in [5, 5.41) is 2.95. The van der Waals surface area contributed by atoms with Gasteiger partial charge < -0.3 is 10.3 Å². The van der Waals surface area contributed by atoms with Crippen molar-refractivity contribution in [3.8, 4) is 0 Å². The van der Waals surface area contributed by atoms with Gasteiger partial charge in [0, 0.05) is 35.5 Å². The Hall–Kier alpha value is -2.67. The normalized spacial score (nSPS) is 19.7. The largest absolute Gasteiger partial charge is 0.350 e. The molecule has 2 fully saturated rings. The molecular formula is C23H26N2O4S. The van der Waals surface area contributed by atoms with Crippen molar-refractivity contribution in [2.24, 2.45) is 0 Å². The molecule has 1 aliphatic heterocycles. The van der Waals surface area contributed by atoms with E-state index in [0.29, 0.717) is 18.8 Å². The number of aromatic amines is 1. The van der Waals surface area contributed by atoms with Crippen LogP contribution < -0.4 is 10.9 Å². The Kier molecular flexibility index (Phi) is 5.64. The molecule has 2 aliphatic rings. The van der Waals surface area contributed by atoms with Crippen molar-refractivity contribution in [2.45, 2.75) is 44.1 Å². The number of hydrogen-bond donors (Lipinski definition) is 2. The Morgan fingerprint density at radius 3 is 2.37 bits per heavy atom. The Morgan fingerprint density at radius 1 is 1.07 bits per heavy atom. The molecule has 1 atom stereocenters. The zero-order valence-electron chi connectivity index (χ0n) is 17.0. The third-order valence-electron chi connectivity index (χ3n) is 5.67. The van der Waals surface area contributed by atoms with Crippen LogP contribution in [0.2, 0.25) is 0 Å². The topological polar surface area (TPSA) is 96.1 Å². The van der Waals surface area contributed by atoms with Gasteiger partial charge in [0.25, 0.3) is 5.56 Å². The molecule has 1 amide bonds. The van der Waals surface area contributed by atoms with Crippen molar-refractivity contribution in [1.82, 2.24) is 10.3 Å². The van der Waals surface area contributed by atoms with Gasteiger partial charge in [-0.15, -0.1) is 0 Å². The van der Waals surface area contributed by atoms with E-state index in [0.717, 1.165) is 47.2 Å². The summed E-state index contributed by atoms with van der Waals surface area (Å²) < 4.78 is 22.8. The lowest BCUT2D eigenvalue weighted by atomic mass is 9.97. The van der Waals surface area contributed by atoms with E-state index in [-0.39, 0.29) is 23.3 Å². The number of aryl methyl sites for hydroxylation is 1. The van der Waals surface area contributed by atoms with Gasteiger partial charge >= 0.3 is 0 Å². The molecule has 0 unspecified atom stereocenters. The highest BCUT2D eigenvalue weighted by Crippen LogP contribution is 2.38. The second-order valence-electron chi connectivity index (χ2n) is 8.30. The first-order chi connectivity index (χ1) is 14.3. The number of benzene rings is 1. The molecule has 1 aromatic carbocycles. The maximum absolute atomic E-state index is 12.6. The van der Waals surface area contributed by atoms with Crippen molar-refractivity contribution in [2.75, 3.05) is 12.0 Å². The summed E-state index contributed by atoms with van der Waals surface area (Å²) in [4.78, 5) is 27.2. The van der Waals surface area contributed by atoms with E-state index in [4.69, 9.17) is 0 Å². The number of carbonyl (C=O) groups is 1. The number of H-pyrrole nitrogens is 1. The van der Waals surface area contributed by atoms with Crippen molar-refractivity contribution in [3.63, 3.8) is 0 Å². The molecule has 6 nitrogen and oxygen atoms in total. The number of amides is 1. The van der Waals surface area contributed by atoms with E-state index in [9.17, 15) is 18.0 Å². The Balaban J connectivity index is 1.65. The summed E-state index contributed by atoms with van der Waals surface area (Å²) in [6.07, 6.45) is 7.04. The van der Waals surface area contributed by atoms with Gasteiger partial charge in [0.2, 0.25) is 5.91 Å². The lowest BCUT2D eigenvalue weighted by Crippen LogP contribution is -2.23. The zero-order valence-corrected chi connectivity index (χ0v) is 17.8. The number of pyridine rings is 1. The number of rotatable bonds is 7. The molecule has 2 heterocycles. The fraction of sp³-hybridized carbons (Fsp3) is 0.391. The lowest BCUT2D eigenvalue weighted by molar-refractivity contribution is -0.119. The highest BCUT2D eigenvalue weighted by molar-refractivity contribution is 7.90. The fourth-order valence-corrected chi connectivity index (χ4v) is 4.42. The van der Waals surface area contributed by atoms with Crippen LogP contribution in [0, 0.1) is 0 Å². The van der Waals surface area contributed by atoms with Gasteiger partial charge in [0.1, 0.15) is 9.84 Å². The van der Waals surface area contributed by atoms with Crippen LogP contribution in [0.25, 0.3) is 5.57 Å². The first-order valence-electron chi connectivity index (χ1n) is 10.3. The number of aromatic nitrogens is 1. The first kappa shape index (κ1) is 20.6. The standard InChI is InChI=1S/C23H26N2O4S/c1-30(28,29)13-12-15-2-4-17(5-3-15)20(14-18-8-11-22(26)24-18)21-10-9-19(16-6-7-16)23(27)25-21/h2-5,9-10,14,16,18H,6-8,11-13H2,1H3,(H,24,26)(H,25,27)/b20-14-/t18-/m1/s1. The van der Waals surface area contributed by atoms with Gasteiger partial charge in [-0.25, -0.2) is 8.42 Å². The van der Waals surface area contributed by atoms with E-state index in [1.165, 1.54) is 6.26 Å². The minimum atomic E-state index is -3.01. The zero-order chi connectivity index (χ0) is 21.3.